The Labute approximate surface area is 609 Å². The summed E-state index contributed by atoms with van der Waals surface area (Å²) in [5.74, 6) is -15.0. The van der Waals surface area contributed by atoms with Crippen LogP contribution < -0.4 is 69.5 Å². The summed E-state index contributed by atoms with van der Waals surface area (Å²) >= 11 is 8.45. The fourth-order valence-electron chi connectivity index (χ4n) is 10.9. The molecular formula is C71H88N14O17S2. The number of primary amides is 1. The van der Waals surface area contributed by atoms with E-state index in [4.69, 9.17) is 5.73 Å². The lowest BCUT2D eigenvalue weighted by atomic mass is 9.97. The van der Waals surface area contributed by atoms with Gasteiger partial charge in [0.25, 0.3) is 0 Å². The number of aromatic nitrogens is 1. The zero-order chi connectivity index (χ0) is 76.5. The Hall–Kier alpha value is -11.1. The van der Waals surface area contributed by atoms with Crippen molar-refractivity contribution in [1.29, 1.82) is 0 Å². The molecule has 31 nitrogen and oxygen atoms in total. The summed E-state index contributed by atoms with van der Waals surface area (Å²) in [6.45, 7) is 7.45. The molecule has 12 atom stereocenters. The van der Waals surface area contributed by atoms with Gasteiger partial charge in [-0.15, -0.1) is 0 Å². The Morgan fingerprint density at radius 3 is 1.44 bits per heavy atom. The van der Waals surface area contributed by atoms with Gasteiger partial charge in [-0.1, -0.05) is 117 Å². The molecule has 0 saturated heterocycles. The lowest BCUT2D eigenvalue weighted by Crippen LogP contribution is -2.62. The third-order valence-electron chi connectivity index (χ3n) is 16.5. The number of carbonyl (C=O) groups excluding carboxylic acids is 13. The number of fused-ring (bicyclic) bond motifs is 2. The number of hydrogen-bond acceptors (Lipinski definition) is 18. The predicted octanol–water partition coefficient (Wildman–Crippen LogP) is -1.34. The molecule has 33 heteroatoms. The number of amides is 13. The standard InChI is InChI=1S/C71H88N14O17S2/c1-36(2)59(84-67(98)53(30-45-32-73-49-22-13-12-21-48(45)49)81-66(97)54(31-58(90)91)78-61(92)37(3)76-68(99)55(34-103)77-40(6)87)70(101)83-56(35-104)69(100)79-51(28-42-23-25-46(88)26-24-42)65(96)80-52(29-44-19-14-18-43-17-10-11-20-47(43)44)64(95)75-38(4)62(93)85-60(39(5)86)71(102)82-50(63(94)74-33-57(72)89)27-41-15-8-7-9-16-41/h7-26,32,36-39,50-56,59-60,73,86,88,103-104H,27-31,33-35H2,1-6H3,(H2,72,89)(H,74,94)(H,75,95)(H,76,99)(H,77,87)(H,78,92)(H,79,100)(H,80,96)(H,81,97)(H,82,102)(H,83,101)(H,84,98)(H,85,93)(H,90,91)/t37-,38+,39+,50-,51-,52-,53-,54-,55-,56-,59-,60-/m0/s1. The second-order valence-electron chi connectivity index (χ2n) is 25.2. The van der Waals surface area contributed by atoms with Gasteiger partial charge in [0.1, 0.15) is 72.2 Å². The molecule has 6 aromatic rings. The van der Waals surface area contributed by atoms with Crippen LogP contribution in [0, 0.1) is 5.92 Å². The molecule has 0 spiro atoms. The maximum atomic E-state index is 15.0. The first-order valence-electron chi connectivity index (χ1n) is 33.2. The van der Waals surface area contributed by atoms with Gasteiger partial charge in [0.05, 0.1) is 19.1 Å². The number of phenols is 1. The van der Waals surface area contributed by atoms with Crippen LogP contribution in [0.15, 0.2) is 128 Å². The Bertz CT molecular complexity index is 4080. The van der Waals surface area contributed by atoms with E-state index in [-0.39, 0.29) is 37.2 Å². The van der Waals surface area contributed by atoms with E-state index >= 15 is 0 Å². The number of rotatable bonds is 38. The van der Waals surface area contributed by atoms with Crippen molar-refractivity contribution in [3.63, 3.8) is 0 Å². The van der Waals surface area contributed by atoms with E-state index in [0.29, 0.717) is 38.5 Å². The number of nitrogens with one attached hydrogen (secondary N) is 13. The fraction of sp³-hybridized carbons (Fsp3) is 0.380. The quantitative estimate of drug-likeness (QED) is 0.0200. The molecule has 13 amide bonds. The summed E-state index contributed by atoms with van der Waals surface area (Å²) in [4.78, 5) is 194. The number of phenolic OH excluding ortho intramolecular Hbond substituents is 1. The number of para-hydroxylation sites is 1. The molecule has 104 heavy (non-hydrogen) atoms. The topological polar surface area (TPSA) is 486 Å². The van der Waals surface area contributed by atoms with Gasteiger partial charge >= 0.3 is 5.97 Å². The highest BCUT2D eigenvalue weighted by Gasteiger charge is 2.38. The van der Waals surface area contributed by atoms with E-state index in [1.807, 2.05) is 12.1 Å². The van der Waals surface area contributed by atoms with E-state index in [1.54, 1.807) is 105 Å². The van der Waals surface area contributed by atoms with Crippen LogP contribution in [0.2, 0.25) is 0 Å². The predicted molar refractivity (Wildman–Crippen MR) is 389 cm³/mol. The number of aliphatic hydroxyl groups is 1. The van der Waals surface area contributed by atoms with Crippen molar-refractivity contribution >= 4 is 130 Å². The molecule has 1 aromatic heterocycles. The molecule has 5 aromatic carbocycles. The van der Waals surface area contributed by atoms with Gasteiger partial charge in [0, 0.05) is 61.2 Å². The van der Waals surface area contributed by atoms with Crippen molar-refractivity contribution in [2.45, 2.75) is 146 Å². The largest absolute Gasteiger partial charge is 0.508 e. The molecule has 556 valence electrons. The van der Waals surface area contributed by atoms with Crippen LogP contribution in [-0.4, -0.2) is 194 Å². The Balaban J connectivity index is 1.23. The molecule has 1 heterocycles. The van der Waals surface area contributed by atoms with Gasteiger partial charge in [-0.05, 0) is 77.9 Å². The molecule has 0 aliphatic heterocycles. The number of aliphatic hydroxyl groups excluding tert-OH is 1. The normalized spacial score (nSPS) is 14.6. The molecule has 0 radical (unpaired) electrons. The number of aliphatic carboxylic acids is 1. The third kappa shape index (κ3) is 24.6. The van der Waals surface area contributed by atoms with Gasteiger partial charge in [-0.2, -0.15) is 25.3 Å². The Morgan fingerprint density at radius 2 is 0.865 bits per heavy atom. The number of nitrogens with two attached hydrogens (primary N) is 1. The summed E-state index contributed by atoms with van der Waals surface area (Å²) in [6, 6.07) is 16.8. The highest BCUT2D eigenvalue weighted by atomic mass is 32.1. The lowest BCUT2D eigenvalue weighted by Gasteiger charge is -2.29. The van der Waals surface area contributed by atoms with E-state index in [2.05, 4.69) is 94.0 Å². The summed E-state index contributed by atoms with van der Waals surface area (Å²) in [5, 5.41) is 63.1. The Kier molecular flexibility index (Phi) is 31.0. The van der Waals surface area contributed by atoms with Crippen LogP contribution >= 0.6 is 25.3 Å². The number of benzene rings is 5. The van der Waals surface area contributed by atoms with Gasteiger partial charge < -0.3 is 89.8 Å². The van der Waals surface area contributed by atoms with Crippen molar-refractivity contribution in [2.75, 3.05) is 18.1 Å². The van der Waals surface area contributed by atoms with E-state index < -0.39 is 180 Å². The second-order valence-corrected chi connectivity index (χ2v) is 25.9. The average Bonchev–Trinajstić information content (AvgIpc) is 1.73. The van der Waals surface area contributed by atoms with Crippen LogP contribution in [0.25, 0.3) is 21.7 Å². The monoisotopic (exact) mass is 1470 g/mol. The maximum Gasteiger partial charge on any atom is 0.305 e. The first kappa shape index (κ1) is 81.9. The maximum absolute atomic E-state index is 15.0. The summed E-state index contributed by atoms with van der Waals surface area (Å²) < 4.78 is 0. The SMILES string of the molecule is CC(=O)N[C@@H](CS)C(=O)N[C@@H](C)C(=O)N[C@@H](CC(=O)O)C(=O)N[C@@H](Cc1c[nH]c2ccccc12)C(=O)N[C@H](C(=O)N[C@@H](CS)C(=O)N[C@@H](Cc1ccc(O)cc1)C(=O)N[C@@H](Cc1cccc2ccccc12)C(=O)N[C@H](C)C(=O)N[C@H](C(=O)N[C@@H](Cc1ccccc1)C(=O)NCC(N)=O)[C@@H](C)O)C(C)C. The van der Waals surface area contributed by atoms with Gasteiger partial charge in [0.15, 0.2) is 0 Å². The van der Waals surface area contributed by atoms with E-state index in [1.165, 1.54) is 52.0 Å². The molecule has 0 aliphatic rings. The number of aromatic hydroxyl groups is 1. The molecule has 0 unspecified atom stereocenters. The highest BCUT2D eigenvalue weighted by molar-refractivity contribution is 7.80. The first-order chi connectivity index (χ1) is 49.3. The number of aromatic amines is 1. The van der Waals surface area contributed by atoms with Gasteiger partial charge in [-0.25, -0.2) is 0 Å². The fourth-order valence-corrected chi connectivity index (χ4v) is 11.5. The third-order valence-corrected chi connectivity index (χ3v) is 17.3. The van der Waals surface area contributed by atoms with Crippen LogP contribution in [0.3, 0.4) is 0 Å². The van der Waals surface area contributed by atoms with Crippen molar-refractivity contribution in [3.05, 3.63) is 150 Å². The molecule has 0 fully saturated rings. The number of carboxylic acid groups (broad SMARTS) is 1. The van der Waals surface area contributed by atoms with Crippen molar-refractivity contribution in [1.82, 2.24) is 68.8 Å². The zero-order valence-corrected chi connectivity index (χ0v) is 59.6. The lowest BCUT2D eigenvalue weighted by molar-refractivity contribution is -0.141. The van der Waals surface area contributed by atoms with Crippen molar-refractivity contribution in [3.8, 4) is 5.75 Å². The first-order valence-corrected chi connectivity index (χ1v) is 34.4. The number of H-pyrrole nitrogens is 1. The highest BCUT2D eigenvalue weighted by Crippen LogP contribution is 2.23. The smallest absolute Gasteiger partial charge is 0.305 e. The molecule has 18 N–H and O–H groups in total. The van der Waals surface area contributed by atoms with Crippen molar-refractivity contribution in [2.24, 2.45) is 11.7 Å². The molecule has 6 rings (SSSR count). The summed E-state index contributed by atoms with van der Waals surface area (Å²) in [7, 11) is 0. The minimum Gasteiger partial charge on any atom is -0.508 e. The number of thiol groups is 2. The second kappa shape index (κ2) is 39.4. The van der Waals surface area contributed by atoms with Crippen LogP contribution in [0.4, 0.5) is 0 Å². The van der Waals surface area contributed by atoms with E-state index in [0.717, 1.165) is 5.39 Å². The Morgan fingerprint density at radius 1 is 0.433 bits per heavy atom. The van der Waals surface area contributed by atoms with Gasteiger partial charge in [-0.3, -0.25) is 67.1 Å². The molecule has 0 bridgehead atoms. The number of hydrogen-bond donors (Lipinski definition) is 19. The minimum atomic E-state index is -1.85. The molecule has 0 aliphatic carbocycles. The van der Waals surface area contributed by atoms with E-state index in [9.17, 15) is 82.4 Å². The minimum absolute atomic E-state index is 0.0779. The van der Waals surface area contributed by atoms with Crippen molar-refractivity contribution < 1.29 is 82.4 Å². The van der Waals surface area contributed by atoms with Crippen LogP contribution in [0.1, 0.15) is 70.2 Å². The van der Waals surface area contributed by atoms with Gasteiger partial charge in [0.2, 0.25) is 76.8 Å². The molecule has 0 saturated carbocycles. The number of carbonyl (C=O) groups is 14. The molecular weight excluding hydrogens is 1380 g/mol. The zero-order valence-electron chi connectivity index (χ0n) is 57.8. The van der Waals surface area contributed by atoms with Crippen LogP contribution in [-0.2, 0) is 92.8 Å². The van der Waals surface area contributed by atoms with Crippen LogP contribution in [0.5, 0.6) is 5.75 Å². The average molecular weight is 1470 g/mol. The summed E-state index contributed by atoms with van der Waals surface area (Å²) in [6.07, 6.45) is -1.89. The number of carboxylic acids is 1. The summed E-state index contributed by atoms with van der Waals surface area (Å²) in [5.41, 5.74) is 7.92.